The molecule has 2 aliphatic heterocycles. The summed E-state index contributed by atoms with van der Waals surface area (Å²) in [5, 5.41) is 0.602. The Kier molecular flexibility index (Phi) is 6.33. The van der Waals surface area contributed by atoms with Crippen LogP contribution in [0.1, 0.15) is 43.6 Å². The number of fused-ring (bicyclic) bond motifs is 2. The van der Waals surface area contributed by atoms with Crippen molar-refractivity contribution in [1.82, 2.24) is 13.9 Å². The number of nitrogens with zero attached hydrogens (tertiary/aromatic N) is 3. The monoisotopic (exact) mass is 573 g/mol. The molecule has 1 amide bonds. The van der Waals surface area contributed by atoms with Crippen molar-refractivity contribution in [3.63, 3.8) is 0 Å². The zero-order valence-corrected chi connectivity index (χ0v) is 24.8. The summed E-state index contributed by atoms with van der Waals surface area (Å²) in [5.74, 6) is 0.326. The van der Waals surface area contributed by atoms with Crippen LogP contribution in [0, 0.1) is 6.92 Å². The van der Waals surface area contributed by atoms with Crippen molar-refractivity contribution in [3.8, 4) is 16.9 Å². The Bertz CT molecular complexity index is 1780. The third kappa shape index (κ3) is 4.52. The Morgan fingerprint density at radius 1 is 0.951 bits per heavy atom. The summed E-state index contributed by atoms with van der Waals surface area (Å²) < 4.78 is 47.4. The van der Waals surface area contributed by atoms with Gasteiger partial charge in [-0.25, -0.2) is 17.4 Å². The highest BCUT2D eigenvalue weighted by Gasteiger charge is 2.52. The maximum Gasteiger partial charge on any atom is 0.496 e. The molecule has 6 rings (SSSR count). The lowest BCUT2D eigenvalue weighted by atomic mass is 9.79. The maximum absolute atomic E-state index is 13.9. The van der Waals surface area contributed by atoms with Crippen molar-refractivity contribution in [2.45, 2.75) is 50.7 Å². The predicted molar refractivity (Wildman–Crippen MR) is 157 cm³/mol. The number of carbonyl (C=O) groups is 1. The second kappa shape index (κ2) is 9.44. The van der Waals surface area contributed by atoms with Crippen molar-refractivity contribution in [2.24, 2.45) is 0 Å². The number of hydrogen-bond acceptors (Lipinski definition) is 7. The molecule has 2 aromatic carbocycles. The number of benzene rings is 2. The van der Waals surface area contributed by atoms with Gasteiger partial charge in [0, 0.05) is 35.9 Å². The molecule has 4 aromatic rings. The maximum atomic E-state index is 13.9. The first-order valence-electron chi connectivity index (χ1n) is 13.5. The molecular formula is C30H32BN3O6S. The van der Waals surface area contributed by atoms with E-state index in [1.807, 2.05) is 40.7 Å². The van der Waals surface area contributed by atoms with Gasteiger partial charge in [-0.05, 0) is 70.5 Å². The molecular weight excluding hydrogens is 541 g/mol. The van der Waals surface area contributed by atoms with Gasteiger partial charge in [0.25, 0.3) is 15.9 Å². The number of ether oxygens (including phenoxy) is 1. The molecule has 0 atom stereocenters. The second-order valence-corrected chi connectivity index (χ2v) is 13.5. The van der Waals surface area contributed by atoms with E-state index in [-0.39, 0.29) is 16.4 Å². The highest BCUT2D eigenvalue weighted by atomic mass is 32.2. The quantitative estimate of drug-likeness (QED) is 0.340. The molecule has 0 saturated carbocycles. The fourth-order valence-electron chi connectivity index (χ4n) is 5.03. The van der Waals surface area contributed by atoms with Crippen LogP contribution in [0.4, 0.5) is 0 Å². The average Bonchev–Trinajstić information content (AvgIpc) is 3.36. The van der Waals surface area contributed by atoms with E-state index in [4.69, 9.17) is 14.0 Å². The van der Waals surface area contributed by atoms with Gasteiger partial charge in [-0.15, -0.1) is 0 Å². The van der Waals surface area contributed by atoms with E-state index in [2.05, 4.69) is 4.98 Å². The summed E-state index contributed by atoms with van der Waals surface area (Å²) >= 11 is 0. The minimum Gasteiger partial charge on any atom is -0.491 e. The fraction of sp³-hybridized carbons (Fsp3) is 0.333. The van der Waals surface area contributed by atoms with Crippen LogP contribution in [-0.4, -0.2) is 66.7 Å². The highest BCUT2D eigenvalue weighted by molar-refractivity contribution is 7.90. The summed E-state index contributed by atoms with van der Waals surface area (Å²) in [6, 6.07) is 13.9. The summed E-state index contributed by atoms with van der Waals surface area (Å²) in [6.45, 7) is 10.6. The van der Waals surface area contributed by atoms with Gasteiger partial charge in [-0.2, -0.15) is 0 Å². The number of likely N-dealkylation sites (N-methyl/N-ethyl adjacent to an activating group) is 1. The molecule has 2 aliphatic rings. The van der Waals surface area contributed by atoms with E-state index in [1.54, 1.807) is 66.8 Å². The molecule has 41 heavy (non-hydrogen) atoms. The SMILES string of the molecule is Cc1ccc(S(=O)(=O)n2cc(-c3ccc4c(c3)OCCN(C)C4=O)c3cc(B4OC(C)(C)C(C)(C)O4)cnc32)cc1. The summed E-state index contributed by atoms with van der Waals surface area (Å²) in [7, 11) is -2.92. The van der Waals surface area contributed by atoms with E-state index >= 15 is 0 Å². The topological polar surface area (TPSA) is 100.0 Å². The molecule has 1 fully saturated rings. The predicted octanol–water partition coefficient (Wildman–Crippen LogP) is 4.01. The summed E-state index contributed by atoms with van der Waals surface area (Å²) in [4.78, 5) is 19.2. The van der Waals surface area contributed by atoms with Crippen LogP contribution < -0.4 is 10.2 Å². The van der Waals surface area contributed by atoms with Crippen molar-refractivity contribution >= 4 is 39.5 Å². The number of carbonyl (C=O) groups excluding carboxylic acids is 1. The Hall–Kier alpha value is -3.67. The van der Waals surface area contributed by atoms with Crippen LogP contribution in [0.25, 0.3) is 22.2 Å². The largest absolute Gasteiger partial charge is 0.496 e. The number of pyridine rings is 1. The van der Waals surface area contributed by atoms with E-state index in [0.29, 0.717) is 46.4 Å². The molecule has 9 nitrogen and oxygen atoms in total. The summed E-state index contributed by atoms with van der Waals surface area (Å²) in [5.41, 5.74) is 2.57. The number of aromatic nitrogens is 2. The molecule has 1 saturated heterocycles. The van der Waals surface area contributed by atoms with Crippen LogP contribution in [-0.2, 0) is 19.3 Å². The third-order valence-electron chi connectivity index (χ3n) is 8.29. The normalized spacial score (nSPS) is 18.3. The van der Waals surface area contributed by atoms with Gasteiger partial charge in [0.05, 0.1) is 28.2 Å². The van der Waals surface area contributed by atoms with Crippen molar-refractivity contribution in [1.29, 1.82) is 0 Å². The molecule has 0 aliphatic carbocycles. The first kappa shape index (κ1) is 27.5. The third-order valence-corrected chi connectivity index (χ3v) is 9.95. The molecule has 0 spiro atoms. The molecule has 0 bridgehead atoms. The number of aryl methyl sites for hydroxylation is 1. The molecule has 212 valence electrons. The molecule has 0 radical (unpaired) electrons. The van der Waals surface area contributed by atoms with E-state index < -0.39 is 28.3 Å². The van der Waals surface area contributed by atoms with Crippen molar-refractivity contribution < 1.29 is 27.3 Å². The van der Waals surface area contributed by atoms with E-state index in [0.717, 1.165) is 5.56 Å². The second-order valence-electron chi connectivity index (χ2n) is 11.7. The lowest BCUT2D eigenvalue weighted by molar-refractivity contribution is 0.00578. The molecule has 0 unspecified atom stereocenters. The van der Waals surface area contributed by atoms with Gasteiger partial charge in [-0.3, -0.25) is 4.79 Å². The molecule has 4 heterocycles. The van der Waals surface area contributed by atoms with Crippen molar-refractivity contribution in [3.05, 3.63) is 72.1 Å². The lowest BCUT2D eigenvalue weighted by Crippen LogP contribution is -2.41. The van der Waals surface area contributed by atoms with Gasteiger partial charge in [0.1, 0.15) is 12.4 Å². The van der Waals surface area contributed by atoms with Gasteiger partial charge in [0.15, 0.2) is 5.65 Å². The summed E-state index contributed by atoms with van der Waals surface area (Å²) in [6.07, 6.45) is 3.18. The highest BCUT2D eigenvalue weighted by Crippen LogP contribution is 2.38. The first-order chi connectivity index (χ1) is 19.3. The minimum absolute atomic E-state index is 0.127. The van der Waals surface area contributed by atoms with Gasteiger partial charge >= 0.3 is 7.12 Å². The van der Waals surface area contributed by atoms with E-state index in [9.17, 15) is 13.2 Å². The minimum atomic E-state index is -3.98. The van der Waals surface area contributed by atoms with Gasteiger partial charge in [0.2, 0.25) is 0 Å². The van der Waals surface area contributed by atoms with Crippen LogP contribution in [0.15, 0.2) is 65.8 Å². The molecule has 0 N–H and O–H groups in total. The number of rotatable bonds is 4. The Balaban J connectivity index is 1.54. The Labute approximate surface area is 240 Å². The Morgan fingerprint density at radius 3 is 2.32 bits per heavy atom. The van der Waals surface area contributed by atoms with E-state index in [1.165, 1.54) is 3.97 Å². The van der Waals surface area contributed by atoms with Crippen LogP contribution in [0.2, 0.25) is 0 Å². The molecule has 11 heteroatoms. The van der Waals surface area contributed by atoms with Crippen LogP contribution in [0.3, 0.4) is 0 Å². The average molecular weight is 573 g/mol. The van der Waals surface area contributed by atoms with Crippen LogP contribution >= 0.6 is 0 Å². The van der Waals surface area contributed by atoms with Gasteiger partial charge in [-0.1, -0.05) is 23.8 Å². The zero-order chi connectivity index (χ0) is 29.3. The number of hydrogen-bond donors (Lipinski definition) is 0. The Morgan fingerprint density at radius 2 is 1.63 bits per heavy atom. The molecule has 2 aromatic heterocycles. The number of amides is 1. The standard InChI is InChI=1S/C30H32BN3O6S/c1-19-7-10-22(11-8-19)41(36,37)34-18-25(20-9-12-23-26(15-20)38-14-13-33(6)28(23)35)24-16-21(17-32-27(24)34)31-39-29(2,3)30(4,5)40-31/h7-12,15-18H,13-14H2,1-6H3. The van der Waals surface area contributed by atoms with Gasteiger partial charge < -0.3 is 18.9 Å². The first-order valence-corrected chi connectivity index (χ1v) is 14.9. The zero-order valence-electron chi connectivity index (χ0n) is 24.0. The van der Waals surface area contributed by atoms with Crippen molar-refractivity contribution in [2.75, 3.05) is 20.2 Å². The van der Waals surface area contributed by atoms with Crippen LogP contribution in [0.5, 0.6) is 5.75 Å². The fourth-order valence-corrected chi connectivity index (χ4v) is 6.35. The smallest absolute Gasteiger partial charge is 0.491 e. The lowest BCUT2D eigenvalue weighted by Gasteiger charge is -2.32.